The Labute approximate surface area is 103 Å². The Bertz CT molecular complexity index is 365. The largest absolute Gasteiger partial charge is 0.340 e. The lowest BCUT2D eigenvalue weighted by molar-refractivity contribution is -0.131. The maximum Gasteiger partial charge on any atom is 0.239 e. The van der Waals surface area contributed by atoms with E-state index in [1.54, 1.807) is 18.7 Å². The standard InChI is InChI=1S/C11H22N2O3S/c1-9(2)17(15,16)8-7-13-6-4-5-12-10(3)11(13)14/h9-10,12H,4-8H2,1-3H3. The molecule has 100 valence electrons. The van der Waals surface area contributed by atoms with Gasteiger partial charge in [-0.05, 0) is 33.7 Å². The van der Waals surface area contributed by atoms with Gasteiger partial charge in [0.05, 0.1) is 17.0 Å². The van der Waals surface area contributed by atoms with Crippen LogP contribution in [0.3, 0.4) is 0 Å². The van der Waals surface area contributed by atoms with Crippen molar-refractivity contribution in [2.24, 2.45) is 0 Å². The molecule has 1 N–H and O–H groups in total. The highest BCUT2D eigenvalue weighted by Crippen LogP contribution is 2.06. The van der Waals surface area contributed by atoms with Crippen LogP contribution in [0.2, 0.25) is 0 Å². The van der Waals surface area contributed by atoms with Crippen LogP contribution in [0.1, 0.15) is 27.2 Å². The zero-order valence-corrected chi connectivity index (χ0v) is 11.6. The Hall–Kier alpha value is -0.620. The first-order chi connectivity index (χ1) is 7.84. The molecule has 1 heterocycles. The van der Waals surface area contributed by atoms with Crippen LogP contribution in [0.25, 0.3) is 0 Å². The van der Waals surface area contributed by atoms with Gasteiger partial charge >= 0.3 is 0 Å². The minimum Gasteiger partial charge on any atom is -0.340 e. The van der Waals surface area contributed by atoms with E-state index in [-0.39, 0.29) is 23.0 Å². The fourth-order valence-corrected chi connectivity index (χ4v) is 2.70. The molecular formula is C11H22N2O3S. The summed E-state index contributed by atoms with van der Waals surface area (Å²) in [6.07, 6.45) is 0.873. The number of rotatable bonds is 4. The number of sulfone groups is 1. The summed E-state index contributed by atoms with van der Waals surface area (Å²) in [6, 6.07) is -0.209. The maximum atomic E-state index is 11.9. The average molecular weight is 262 g/mol. The van der Waals surface area contributed by atoms with Gasteiger partial charge in [0, 0.05) is 13.1 Å². The monoisotopic (exact) mass is 262 g/mol. The van der Waals surface area contributed by atoms with Crippen molar-refractivity contribution < 1.29 is 13.2 Å². The van der Waals surface area contributed by atoms with E-state index in [0.29, 0.717) is 13.1 Å². The molecule has 17 heavy (non-hydrogen) atoms. The van der Waals surface area contributed by atoms with Crippen LogP contribution in [-0.4, -0.2) is 55.9 Å². The Morgan fingerprint density at radius 1 is 1.47 bits per heavy atom. The van der Waals surface area contributed by atoms with Crippen LogP contribution in [0.4, 0.5) is 0 Å². The maximum absolute atomic E-state index is 11.9. The van der Waals surface area contributed by atoms with Crippen molar-refractivity contribution in [1.82, 2.24) is 10.2 Å². The van der Waals surface area contributed by atoms with Gasteiger partial charge < -0.3 is 10.2 Å². The number of hydrogen-bond acceptors (Lipinski definition) is 4. The lowest BCUT2D eigenvalue weighted by Crippen LogP contribution is -2.43. The van der Waals surface area contributed by atoms with Gasteiger partial charge in [0.1, 0.15) is 0 Å². The molecule has 1 unspecified atom stereocenters. The van der Waals surface area contributed by atoms with Crippen LogP contribution in [-0.2, 0) is 14.6 Å². The molecule has 0 saturated carbocycles. The minimum absolute atomic E-state index is 0.00135. The molecule has 1 aliphatic rings. The molecule has 0 aromatic heterocycles. The molecule has 5 nitrogen and oxygen atoms in total. The van der Waals surface area contributed by atoms with Gasteiger partial charge in [-0.3, -0.25) is 4.79 Å². The zero-order valence-electron chi connectivity index (χ0n) is 10.8. The summed E-state index contributed by atoms with van der Waals surface area (Å²) >= 11 is 0. The van der Waals surface area contributed by atoms with E-state index in [1.807, 2.05) is 6.92 Å². The summed E-state index contributed by atoms with van der Waals surface area (Å²) in [6.45, 7) is 6.92. The molecule has 1 rings (SSSR count). The van der Waals surface area contributed by atoms with Crippen molar-refractivity contribution in [3.05, 3.63) is 0 Å². The van der Waals surface area contributed by atoms with Crippen LogP contribution >= 0.6 is 0 Å². The summed E-state index contributed by atoms with van der Waals surface area (Å²) in [5, 5.41) is 2.73. The van der Waals surface area contributed by atoms with Crippen molar-refractivity contribution in [3.8, 4) is 0 Å². The summed E-state index contributed by atoms with van der Waals surface area (Å²) < 4.78 is 23.4. The molecule has 0 bridgehead atoms. The quantitative estimate of drug-likeness (QED) is 0.775. The molecule has 1 atom stereocenters. The van der Waals surface area contributed by atoms with Crippen LogP contribution in [0.5, 0.6) is 0 Å². The number of amides is 1. The molecule has 0 aromatic carbocycles. The summed E-state index contributed by atoms with van der Waals surface area (Å²) in [7, 11) is -3.06. The van der Waals surface area contributed by atoms with Crippen molar-refractivity contribution in [1.29, 1.82) is 0 Å². The normalized spacial score (nSPS) is 22.9. The Morgan fingerprint density at radius 3 is 2.71 bits per heavy atom. The van der Waals surface area contributed by atoms with Crippen LogP contribution in [0.15, 0.2) is 0 Å². The Balaban J connectivity index is 2.59. The first-order valence-corrected chi connectivity index (χ1v) is 7.80. The van der Waals surface area contributed by atoms with Crippen molar-refractivity contribution in [2.45, 2.75) is 38.5 Å². The number of hydrogen-bond donors (Lipinski definition) is 1. The third kappa shape index (κ3) is 3.96. The lowest BCUT2D eigenvalue weighted by Gasteiger charge is -2.22. The second-order valence-corrected chi connectivity index (χ2v) is 7.45. The van der Waals surface area contributed by atoms with Gasteiger partial charge in [-0.25, -0.2) is 8.42 Å². The predicted molar refractivity (Wildman–Crippen MR) is 67.6 cm³/mol. The molecule has 0 spiro atoms. The first kappa shape index (κ1) is 14.4. The molecule has 0 radical (unpaired) electrons. The van der Waals surface area contributed by atoms with Gasteiger partial charge in [0.15, 0.2) is 9.84 Å². The summed E-state index contributed by atoms with van der Waals surface area (Å²) in [5.74, 6) is 0.0600. The van der Waals surface area contributed by atoms with E-state index in [1.165, 1.54) is 0 Å². The molecule has 0 aromatic rings. The number of nitrogens with zero attached hydrogens (tertiary/aromatic N) is 1. The summed E-state index contributed by atoms with van der Waals surface area (Å²) in [5.41, 5.74) is 0. The van der Waals surface area contributed by atoms with Gasteiger partial charge in [0.25, 0.3) is 0 Å². The molecule has 1 aliphatic heterocycles. The topological polar surface area (TPSA) is 66.5 Å². The van der Waals surface area contributed by atoms with E-state index >= 15 is 0 Å². The van der Waals surface area contributed by atoms with Gasteiger partial charge in [0.2, 0.25) is 5.91 Å². The van der Waals surface area contributed by atoms with Gasteiger partial charge in [-0.2, -0.15) is 0 Å². The SMILES string of the molecule is CC1NCCCN(CCS(=O)(=O)C(C)C)C1=O. The number of nitrogens with one attached hydrogen (secondary N) is 1. The molecule has 6 heteroatoms. The minimum atomic E-state index is -3.06. The van der Waals surface area contributed by atoms with Crippen molar-refractivity contribution in [2.75, 3.05) is 25.4 Å². The fraction of sp³-hybridized carbons (Fsp3) is 0.909. The highest BCUT2D eigenvalue weighted by atomic mass is 32.2. The zero-order chi connectivity index (χ0) is 13.1. The van der Waals surface area contributed by atoms with Gasteiger partial charge in [-0.15, -0.1) is 0 Å². The highest BCUT2D eigenvalue weighted by Gasteiger charge is 2.25. The van der Waals surface area contributed by atoms with Gasteiger partial charge in [-0.1, -0.05) is 0 Å². The van der Waals surface area contributed by atoms with Crippen LogP contribution in [0, 0.1) is 0 Å². The average Bonchev–Trinajstić information content (AvgIpc) is 2.40. The van der Waals surface area contributed by atoms with E-state index in [0.717, 1.165) is 13.0 Å². The molecule has 1 saturated heterocycles. The second kappa shape index (κ2) is 5.82. The Morgan fingerprint density at radius 2 is 2.12 bits per heavy atom. The Kier molecular flexibility index (Phi) is 4.94. The number of carbonyl (C=O) groups excluding carboxylic acids is 1. The van der Waals surface area contributed by atoms with E-state index in [4.69, 9.17) is 0 Å². The molecular weight excluding hydrogens is 240 g/mol. The fourth-order valence-electron chi connectivity index (χ4n) is 1.75. The third-order valence-electron chi connectivity index (χ3n) is 3.10. The lowest BCUT2D eigenvalue weighted by atomic mass is 10.3. The van der Waals surface area contributed by atoms with E-state index in [2.05, 4.69) is 5.32 Å². The van der Waals surface area contributed by atoms with E-state index < -0.39 is 9.84 Å². The van der Waals surface area contributed by atoms with E-state index in [9.17, 15) is 13.2 Å². The second-order valence-electron chi connectivity index (χ2n) is 4.77. The highest BCUT2D eigenvalue weighted by molar-refractivity contribution is 7.92. The van der Waals surface area contributed by atoms with Crippen molar-refractivity contribution >= 4 is 15.7 Å². The molecule has 0 aliphatic carbocycles. The number of carbonyl (C=O) groups is 1. The summed E-state index contributed by atoms with van der Waals surface area (Å²) in [4.78, 5) is 13.6. The molecule has 1 fully saturated rings. The smallest absolute Gasteiger partial charge is 0.239 e. The first-order valence-electron chi connectivity index (χ1n) is 6.08. The third-order valence-corrected chi connectivity index (χ3v) is 5.29. The van der Waals surface area contributed by atoms with Crippen LogP contribution < -0.4 is 5.32 Å². The molecule has 1 amide bonds. The van der Waals surface area contributed by atoms with Crippen molar-refractivity contribution in [3.63, 3.8) is 0 Å². The predicted octanol–water partition coefficient (Wildman–Crippen LogP) is 0.0200.